The summed E-state index contributed by atoms with van der Waals surface area (Å²) in [5, 5.41) is 12.2. The van der Waals surface area contributed by atoms with Gasteiger partial charge in [-0.2, -0.15) is 4.80 Å². The highest BCUT2D eigenvalue weighted by molar-refractivity contribution is 6.05. The average molecular weight is 449 g/mol. The molecule has 4 aromatic carbocycles. The van der Waals surface area contributed by atoms with Crippen LogP contribution < -0.4 is 10.1 Å². The highest BCUT2D eigenvalue weighted by Gasteiger charge is 2.12. The molecule has 1 amide bonds. The first-order chi connectivity index (χ1) is 16.6. The van der Waals surface area contributed by atoms with Crippen LogP contribution in [-0.2, 0) is 0 Å². The first-order valence-corrected chi connectivity index (χ1v) is 11.2. The minimum atomic E-state index is -0.166. The Hall–Kier alpha value is -4.45. The Bertz CT molecular complexity index is 1440. The summed E-state index contributed by atoms with van der Waals surface area (Å²) in [6, 6.07) is 29.1. The number of fused-ring (bicyclic) bond motifs is 1. The molecule has 6 heteroatoms. The molecule has 0 aliphatic carbocycles. The van der Waals surface area contributed by atoms with Gasteiger partial charge in [0.2, 0.25) is 0 Å². The van der Waals surface area contributed by atoms with Crippen molar-refractivity contribution < 1.29 is 9.53 Å². The topological polar surface area (TPSA) is 69.0 Å². The van der Waals surface area contributed by atoms with Crippen LogP contribution in [0.25, 0.3) is 27.8 Å². The fraction of sp³-hybridized carbons (Fsp3) is 0.107. The van der Waals surface area contributed by atoms with Gasteiger partial charge in [0.15, 0.2) is 0 Å². The van der Waals surface area contributed by atoms with Crippen LogP contribution in [0.1, 0.15) is 22.8 Å². The van der Waals surface area contributed by atoms with E-state index in [9.17, 15) is 4.79 Å². The predicted molar refractivity (Wildman–Crippen MR) is 135 cm³/mol. The highest BCUT2D eigenvalue weighted by Crippen LogP contribution is 2.24. The van der Waals surface area contributed by atoms with Gasteiger partial charge >= 0.3 is 0 Å². The summed E-state index contributed by atoms with van der Waals surface area (Å²) in [6.07, 6.45) is 0. The quantitative estimate of drug-likeness (QED) is 0.343. The third-order valence-corrected chi connectivity index (χ3v) is 5.61. The first kappa shape index (κ1) is 21.4. The van der Waals surface area contributed by atoms with Crippen LogP contribution in [0, 0.1) is 6.92 Å². The number of rotatable bonds is 6. The summed E-state index contributed by atoms with van der Waals surface area (Å²) >= 11 is 0. The SMILES string of the molecule is CCOc1ccc(-n2nc3cc(C)c(NC(=O)c4ccc(-c5ccccc5)cc4)cc3n2)cc1. The Balaban J connectivity index is 1.36. The zero-order valence-electron chi connectivity index (χ0n) is 19.0. The van der Waals surface area contributed by atoms with Crippen molar-refractivity contribution >= 4 is 22.6 Å². The molecule has 168 valence electrons. The second-order valence-electron chi connectivity index (χ2n) is 7.97. The molecular formula is C28H24N4O2. The summed E-state index contributed by atoms with van der Waals surface area (Å²) < 4.78 is 5.50. The van der Waals surface area contributed by atoms with Crippen molar-refractivity contribution in [3.05, 3.63) is 102 Å². The van der Waals surface area contributed by atoms with Crippen LogP contribution in [0.2, 0.25) is 0 Å². The zero-order valence-corrected chi connectivity index (χ0v) is 19.0. The smallest absolute Gasteiger partial charge is 0.255 e. The number of anilines is 1. The van der Waals surface area contributed by atoms with Gasteiger partial charge < -0.3 is 10.1 Å². The minimum Gasteiger partial charge on any atom is -0.494 e. The van der Waals surface area contributed by atoms with Crippen LogP contribution in [0.15, 0.2) is 91.0 Å². The fourth-order valence-corrected chi connectivity index (χ4v) is 3.80. The van der Waals surface area contributed by atoms with E-state index in [1.807, 2.05) is 105 Å². The summed E-state index contributed by atoms with van der Waals surface area (Å²) in [4.78, 5) is 14.5. The van der Waals surface area contributed by atoms with Crippen molar-refractivity contribution in [3.8, 4) is 22.6 Å². The lowest BCUT2D eigenvalue weighted by molar-refractivity contribution is 0.102. The minimum absolute atomic E-state index is 0.166. The zero-order chi connectivity index (χ0) is 23.5. The van der Waals surface area contributed by atoms with Crippen molar-refractivity contribution in [1.29, 1.82) is 0 Å². The van der Waals surface area contributed by atoms with Gasteiger partial charge in [0.05, 0.1) is 12.3 Å². The molecule has 5 rings (SSSR count). The summed E-state index contributed by atoms with van der Waals surface area (Å²) in [6.45, 7) is 4.52. The van der Waals surface area contributed by atoms with Crippen LogP contribution in [0.3, 0.4) is 0 Å². The molecule has 0 unspecified atom stereocenters. The van der Waals surface area contributed by atoms with E-state index >= 15 is 0 Å². The summed E-state index contributed by atoms with van der Waals surface area (Å²) in [5.41, 5.74) is 6.71. The van der Waals surface area contributed by atoms with E-state index in [0.717, 1.165) is 33.6 Å². The molecule has 1 N–H and O–H groups in total. The van der Waals surface area contributed by atoms with Gasteiger partial charge in [-0.3, -0.25) is 4.79 Å². The molecule has 1 heterocycles. The van der Waals surface area contributed by atoms with Crippen LogP contribution in [0.4, 0.5) is 5.69 Å². The predicted octanol–water partition coefficient (Wildman–Crippen LogP) is 6.05. The van der Waals surface area contributed by atoms with Crippen molar-refractivity contribution in [2.45, 2.75) is 13.8 Å². The van der Waals surface area contributed by atoms with E-state index in [4.69, 9.17) is 4.74 Å². The lowest BCUT2D eigenvalue weighted by atomic mass is 10.0. The molecule has 1 aromatic heterocycles. The van der Waals surface area contributed by atoms with Crippen LogP contribution in [-0.4, -0.2) is 27.5 Å². The molecule has 0 fully saturated rings. The van der Waals surface area contributed by atoms with E-state index < -0.39 is 0 Å². The van der Waals surface area contributed by atoms with E-state index in [-0.39, 0.29) is 5.91 Å². The molecule has 0 aliphatic rings. The number of hydrogen-bond donors (Lipinski definition) is 1. The number of aryl methyl sites for hydroxylation is 1. The third-order valence-electron chi connectivity index (χ3n) is 5.61. The Morgan fingerprint density at radius 1 is 0.853 bits per heavy atom. The Morgan fingerprint density at radius 2 is 1.50 bits per heavy atom. The maximum Gasteiger partial charge on any atom is 0.255 e. The van der Waals surface area contributed by atoms with E-state index in [2.05, 4.69) is 15.5 Å². The summed E-state index contributed by atoms with van der Waals surface area (Å²) in [7, 11) is 0. The fourth-order valence-electron chi connectivity index (χ4n) is 3.80. The number of aromatic nitrogens is 3. The standard InChI is InChI=1S/C28H24N4O2/c1-3-34-24-15-13-23(14-16-24)32-30-26-17-19(2)25(18-27(26)31-32)29-28(33)22-11-9-21(10-12-22)20-7-5-4-6-8-20/h4-18H,3H2,1-2H3,(H,29,33). The van der Waals surface area contributed by atoms with Crippen LogP contribution in [0.5, 0.6) is 5.75 Å². The lowest BCUT2D eigenvalue weighted by Crippen LogP contribution is -2.12. The first-order valence-electron chi connectivity index (χ1n) is 11.2. The second-order valence-corrected chi connectivity index (χ2v) is 7.97. The average Bonchev–Trinajstić information content (AvgIpc) is 3.28. The molecule has 0 atom stereocenters. The Kier molecular flexibility index (Phi) is 5.79. The van der Waals surface area contributed by atoms with E-state index in [1.54, 1.807) is 4.80 Å². The van der Waals surface area contributed by atoms with Gasteiger partial charge in [0, 0.05) is 11.3 Å². The van der Waals surface area contributed by atoms with E-state index in [1.165, 1.54) is 0 Å². The molecular weight excluding hydrogens is 424 g/mol. The van der Waals surface area contributed by atoms with Gasteiger partial charge in [0.1, 0.15) is 16.8 Å². The largest absolute Gasteiger partial charge is 0.494 e. The monoisotopic (exact) mass is 448 g/mol. The number of carbonyl (C=O) groups excluding carboxylic acids is 1. The molecule has 5 aromatic rings. The number of amides is 1. The molecule has 0 bridgehead atoms. The van der Waals surface area contributed by atoms with Crippen molar-refractivity contribution in [3.63, 3.8) is 0 Å². The molecule has 0 saturated heterocycles. The molecule has 0 spiro atoms. The third kappa shape index (κ3) is 4.38. The molecule has 6 nitrogen and oxygen atoms in total. The van der Waals surface area contributed by atoms with Crippen molar-refractivity contribution in [2.75, 3.05) is 11.9 Å². The molecule has 34 heavy (non-hydrogen) atoms. The number of nitrogens with one attached hydrogen (secondary N) is 1. The number of carbonyl (C=O) groups is 1. The number of nitrogens with zero attached hydrogens (tertiary/aromatic N) is 3. The molecule has 0 saturated carbocycles. The number of ether oxygens (including phenoxy) is 1. The molecule has 0 radical (unpaired) electrons. The summed E-state index contributed by atoms with van der Waals surface area (Å²) in [5.74, 6) is 0.640. The van der Waals surface area contributed by atoms with Gasteiger partial charge in [-0.25, -0.2) is 0 Å². The molecule has 0 aliphatic heterocycles. The number of hydrogen-bond acceptors (Lipinski definition) is 4. The second kappa shape index (κ2) is 9.19. The number of benzene rings is 4. The van der Waals surface area contributed by atoms with Gasteiger partial charge in [-0.15, -0.1) is 10.2 Å². The highest BCUT2D eigenvalue weighted by atomic mass is 16.5. The maximum atomic E-state index is 12.9. The van der Waals surface area contributed by atoms with Gasteiger partial charge in [0.25, 0.3) is 5.91 Å². The Labute approximate surface area is 197 Å². The Morgan fingerprint density at radius 3 is 2.18 bits per heavy atom. The van der Waals surface area contributed by atoms with E-state index in [0.29, 0.717) is 23.4 Å². The van der Waals surface area contributed by atoms with Gasteiger partial charge in [-0.1, -0.05) is 42.5 Å². The van der Waals surface area contributed by atoms with Crippen molar-refractivity contribution in [1.82, 2.24) is 15.0 Å². The van der Waals surface area contributed by atoms with Crippen LogP contribution >= 0.6 is 0 Å². The van der Waals surface area contributed by atoms with Gasteiger partial charge in [-0.05, 0) is 79.1 Å². The normalized spacial score (nSPS) is 10.9. The lowest BCUT2D eigenvalue weighted by Gasteiger charge is -2.09. The maximum absolute atomic E-state index is 12.9. The van der Waals surface area contributed by atoms with Crippen molar-refractivity contribution in [2.24, 2.45) is 0 Å².